The molecule has 1 fully saturated rings. The van der Waals surface area contributed by atoms with E-state index in [0.717, 1.165) is 75.0 Å². The number of aliphatic hydroxyl groups excluding tert-OH is 3. The molecule has 7 N–H and O–H groups in total. The Morgan fingerprint density at radius 3 is 1.88 bits per heavy atom. The number of carbonyl (C=O) groups excluding carboxylic acids is 2. The minimum atomic E-state index is -5.49. The first-order valence-corrected chi connectivity index (χ1v) is 29.0. The summed E-state index contributed by atoms with van der Waals surface area (Å²) >= 11 is 0. The average Bonchev–Trinajstić information content (AvgIpc) is 3.65. The van der Waals surface area contributed by atoms with Gasteiger partial charge in [0.05, 0.1) is 19.3 Å². The average molecular weight is 1090 g/mol. The van der Waals surface area contributed by atoms with E-state index in [0.29, 0.717) is 19.3 Å². The van der Waals surface area contributed by atoms with Crippen LogP contribution in [0.25, 0.3) is 0 Å². The molecule has 0 amide bonds. The van der Waals surface area contributed by atoms with Crippen molar-refractivity contribution in [1.29, 1.82) is 0 Å². The summed E-state index contributed by atoms with van der Waals surface area (Å²) in [6.45, 7) is 1.74. The molecule has 0 spiro atoms. The van der Waals surface area contributed by atoms with Gasteiger partial charge in [0.2, 0.25) is 0 Å². The number of aromatic nitrogens is 2. The predicted molar refractivity (Wildman–Crippen MR) is 290 cm³/mol. The van der Waals surface area contributed by atoms with Crippen LogP contribution in [-0.4, -0.2) is 96.9 Å². The fourth-order valence-electron chi connectivity index (χ4n) is 6.90. The van der Waals surface area contributed by atoms with Crippen LogP contribution in [0.1, 0.15) is 142 Å². The Labute approximate surface area is 443 Å². The molecule has 1 aromatic heterocycles. The van der Waals surface area contributed by atoms with Crippen molar-refractivity contribution in [3.63, 3.8) is 0 Å². The highest BCUT2D eigenvalue weighted by atomic mass is 31.3. The summed E-state index contributed by atoms with van der Waals surface area (Å²) < 4.78 is 56.6. The molecule has 0 aliphatic carbocycles. The van der Waals surface area contributed by atoms with Crippen molar-refractivity contribution >= 4 is 33.4 Å². The third-order valence-corrected chi connectivity index (χ3v) is 13.6. The van der Waals surface area contributed by atoms with Gasteiger partial charge in [-0.15, -0.1) is 0 Å². The minimum Gasteiger partial charge on any atom is -0.462 e. The number of anilines is 1. The fourth-order valence-corrected chi connectivity index (χ4v) is 9.01. The lowest BCUT2D eigenvalue weighted by atomic mass is 10.1. The zero-order valence-corrected chi connectivity index (χ0v) is 45.4. The van der Waals surface area contributed by atoms with Gasteiger partial charge in [0.1, 0.15) is 30.7 Å². The normalized spacial score (nSPS) is 20.1. The maximum atomic E-state index is 12.9. The Morgan fingerprint density at radius 1 is 0.720 bits per heavy atom. The number of nitrogen functional groups attached to an aromatic ring is 1. The van der Waals surface area contributed by atoms with Crippen LogP contribution < -0.4 is 11.4 Å². The van der Waals surface area contributed by atoms with Crippen LogP contribution in [0.15, 0.2) is 126 Å². The van der Waals surface area contributed by atoms with Crippen LogP contribution in [0, 0.1) is 0 Å². The lowest BCUT2D eigenvalue weighted by molar-refractivity contribution is -0.161. The first kappa shape index (κ1) is 66.5. The number of allylic oxidation sites excluding steroid dienone is 17. The molecule has 2 heterocycles. The second kappa shape index (κ2) is 40.6. The Morgan fingerprint density at radius 2 is 1.28 bits per heavy atom. The Hall–Kier alpha value is -4.62. The van der Waals surface area contributed by atoms with Crippen LogP contribution in [-0.2, 0) is 46.3 Å². The largest absolute Gasteiger partial charge is 0.481 e. The molecule has 0 bridgehead atoms. The second-order valence-corrected chi connectivity index (χ2v) is 20.5. The van der Waals surface area contributed by atoms with Crippen LogP contribution in [0.3, 0.4) is 0 Å². The molecule has 420 valence electrons. The number of phosphoric ester groups is 2. The highest BCUT2D eigenvalue weighted by Gasteiger charge is 2.46. The second-order valence-electron chi connectivity index (χ2n) is 17.5. The number of phosphoric acid groups is 2. The fraction of sp³-hybridized carbons (Fsp3) is 0.556. The number of rotatable bonds is 41. The van der Waals surface area contributed by atoms with E-state index >= 15 is 0 Å². The number of unbranched alkanes of at least 4 members (excludes halogenated alkanes) is 7. The monoisotopic (exact) mass is 1090 g/mol. The van der Waals surface area contributed by atoms with E-state index in [9.17, 15) is 48.6 Å². The maximum absolute atomic E-state index is 12.9. The molecule has 8 atom stereocenters. The van der Waals surface area contributed by atoms with E-state index in [1.54, 1.807) is 12.2 Å². The third kappa shape index (κ3) is 33.2. The molecule has 0 aromatic carbocycles. The predicted octanol–water partition coefficient (Wildman–Crippen LogP) is 9.97. The van der Waals surface area contributed by atoms with Gasteiger partial charge in [-0.05, 0) is 89.5 Å². The zero-order valence-electron chi connectivity index (χ0n) is 43.7. The molecule has 75 heavy (non-hydrogen) atoms. The third-order valence-electron chi connectivity index (χ3n) is 11.0. The Bertz CT molecular complexity index is 2200. The van der Waals surface area contributed by atoms with Crippen LogP contribution in [0.4, 0.5) is 5.82 Å². The van der Waals surface area contributed by atoms with Crippen molar-refractivity contribution in [2.45, 2.75) is 173 Å². The number of ether oxygens (including phenoxy) is 3. The number of hydrogen-bond acceptors (Lipinski definition) is 16. The lowest BCUT2D eigenvalue weighted by Crippen LogP contribution is -2.36. The molecule has 0 radical (unpaired) electrons. The van der Waals surface area contributed by atoms with Crippen molar-refractivity contribution in [3.05, 3.63) is 132 Å². The van der Waals surface area contributed by atoms with Gasteiger partial charge >= 0.3 is 33.3 Å². The summed E-state index contributed by atoms with van der Waals surface area (Å²) in [6, 6.07) is 1.23. The summed E-state index contributed by atoms with van der Waals surface area (Å²) in [5.74, 6) is -1.63. The number of hydrogen-bond donors (Lipinski definition) is 6. The smallest absolute Gasteiger partial charge is 0.462 e. The van der Waals surface area contributed by atoms with Crippen molar-refractivity contribution in [1.82, 2.24) is 9.55 Å². The van der Waals surface area contributed by atoms with Gasteiger partial charge in [-0.25, -0.2) is 13.9 Å². The summed E-state index contributed by atoms with van der Waals surface area (Å²) in [5, 5.41) is 31.3. The minimum absolute atomic E-state index is 0.00390. The van der Waals surface area contributed by atoms with Gasteiger partial charge < -0.3 is 45.1 Å². The summed E-state index contributed by atoms with van der Waals surface area (Å²) in [6.07, 6.45) is 43.5. The molecule has 1 aromatic rings. The number of nitrogens with two attached hydrogens (primary N) is 1. The molecule has 21 heteroatoms. The van der Waals surface area contributed by atoms with E-state index < -0.39 is 89.8 Å². The maximum Gasteiger partial charge on any atom is 0.481 e. The van der Waals surface area contributed by atoms with Crippen molar-refractivity contribution in [2.75, 3.05) is 25.6 Å². The van der Waals surface area contributed by atoms with Gasteiger partial charge in [0.25, 0.3) is 0 Å². The molecule has 0 saturated carbocycles. The first-order chi connectivity index (χ1) is 36.1. The number of carbonyl (C=O) groups is 2. The zero-order chi connectivity index (χ0) is 55.0. The van der Waals surface area contributed by atoms with Crippen molar-refractivity contribution in [3.8, 4) is 0 Å². The van der Waals surface area contributed by atoms with Gasteiger partial charge in [-0.1, -0.05) is 149 Å². The van der Waals surface area contributed by atoms with E-state index in [1.165, 1.54) is 31.4 Å². The first-order valence-electron chi connectivity index (χ1n) is 26.0. The lowest BCUT2D eigenvalue weighted by Gasteiger charge is -2.21. The molecule has 1 aliphatic heterocycles. The van der Waals surface area contributed by atoms with E-state index in [1.807, 2.05) is 12.2 Å². The van der Waals surface area contributed by atoms with E-state index in [2.05, 4.69) is 102 Å². The Kier molecular flexibility index (Phi) is 36.0. The van der Waals surface area contributed by atoms with Gasteiger partial charge in [-0.2, -0.15) is 9.29 Å². The molecule has 2 rings (SSSR count). The summed E-state index contributed by atoms with van der Waals surface area (Å²) in [7, 11) is -11.0. The van der Waals surface area contributed by atoms with Crippen molar-refractivity contribution in [2.24, 2.45) is 0 Å². The highest BCUT2D eigenvalue weighted by Crippen LogP contribution is 2.60. The van der Waals surface area contributed by atoms with E-state index in [4.69, 9.17) is 29.0 Å². The van der Waals surface area contributed by atoms with Gasteiger partial charge in [-0.3, -0.25) is 23.2 Å². The number of esters is 2. The molecule has 1 aliphatic rings. The van der Waals surface area contributed by atoms with Crippen molar-refractivity contribution < 1.29 is 71.4 Å². The summed E-state index contributed by atoms with van der Waals surface area (Å²) in [5.41, 5.74) is 4.57. The highest BCUT2D eigenvalue weighted by molar-refractivity contribution is 7.61. The Balaban J connectivity index is 1.87. The standard InChI is InChI=1S/C54H83N3O16P2/c1-3-5-7-9-11-13-15-17-19-21-23-25-27-29-31-33-35-37-50(60)71-46(42-68-49(59)39-38-45(58)36-34-32-30-28-26-24-22-20-18-16-14-12-10-8-6-4-2)43-69-74(64,65)73-75(66,67)70-44-47-51(61)52(62)53(72-47)57-41-40-48(55)56-54(57)63/h6,8,11-14,17-20,23-26,30,32,34,36,40-41,45-47,51-53,58,61-62H,3-5,7,9-10,15-16,21-22,27-29,31,33,35,37-39,42-44H2,1-2H3,(H,64,65)(H,66,67)(H2,55,56,63)/b8-6-,13-11-,14-12-,19-17-,20-18-,25-23-,26-24-,32-30-,36-34-/t45?,46-,47-,51-,52-,53-/m1/s1. The van der Waals surface area contributed by atoms with Crippen LogP contribution >= 0.6 is 15.6 Å². The SMILES string of the molecule is CC/C=C\C/C=C\C/C=C\C/C=C\C/C=C\C=C/C(O)CCC(=O)OC[C@H](COP(=O)(O)OP(=O)(O)OC[C@H]1O[C@@H](n2ccc(N)nc2=O)[C@H](O)[C@@H]1O)OC(=O)CCCCCC/C=C\C/C=C\C/C=C\CCCCC. The quantitative estimate of drug-likeness (QED) is 0.0117. The molecule has 3 unspecified atom stereocenters. The molecule has 1 saturated heterocycles. The topological polar surface area (TPSA) is 286 Å². The molecular formula is C54H83N3O16P2. The molecule has 19 nitrogen and oxygen atoms in total. The molecular weight excluding hydrogens is 1010 g/mol. The van der Waals surface area contributed by atoms with Crippen LogP contribution in [0.2, 0.25) is 0 Å². The van der Waals surface area contributed by atoms with Gasteiger partial charge in [0.15, 0.2) is 12.3 Å². The van der Waals surface area contributed by atoms with Crippen LogP contribution in [0.5, 0.6) is 0 Å². The van der Waals surface area contributed by atoms with E-state index in [-0.39, 0.29) is 25.1 Å². The van der Waals surface area contributed by atoms with Gasteiger partial charge in [0, 0.05) is 19.0 Å². The number of aliphatic hydroxyl groups is 3. The summed E-state index contributed by atoms with van der Waals surface area (Å²) in [4.78, 5) is 62.0. The number of nitrogens with zero attached hydrogens (tertiary/aromatic N) is 2.